The van der Waals surface area contributed by atoms with E-state index in [-0.39, 0.29) is 22.9 Å². The average molecular weight is 500 g/mol. The van der Waals surface area contributed by atoms with Crippen molar-refractivity contribution in [2.45, 2.75) is 22.9 Å². The van der Waals surface area contributed by atoms with E-state index in [0.717, 1.165) is 16.2 Å². The van der Waals surface area contributed by atoms with Gasteiger partial charge in [-0.1, -0.05) is 48.2 Å². The molecule has 5 aromatic rings. The summed E-state index contributed by atoms with van der Waals surface area (Å²) in [5, 5.41) is 4.71. The number of fused-ring (bicyclic) bond motifs is 1. The quantitative estimate of drug-likeness (QED) is 0.272. The lowest BCUT2D eigenvalue weighted by Gasteiger charge is -2.12. The predicted octanol–water partition coefficient (Wildman–Crippen LogP) is 5.72. The highest BCUT2D eigenvalue weighted by atomic mass is 32.2. The number of pyridine rings is 1. The molecule has 2 aromatic heterocycles. The minimum absolute atomic E-state index is 0.142. The molecule has 0 aliphatic carbocycles. The van der Waals surface area contributed by atoms with Gasteiger partial charge in [0.25, 0.3) is 5.56 Å². The van der Waals surface area contributed by atoms with Crippen molar-refractivity contribution in [3.63, 3.8) is 0 Å². The minimum Gasteiger partial charge on any atom is -0.497 e. The van der Waals surface area contributed by atoms with Gasteiger partial charge in [0, 0.05) is 26.9 Å². The molecule has 0 saturated heterocycles. The number of benzene rings is 3. The van der Waals surface area contributed by atoms with Crippen LogP contribution in [0.4, 0.5) is 4.39 Å². The first-order valence-electron chi connectivity index (χ1n) is 11.2. The van der Waals surface area contributed by atoms with Gasteiger partial charge in [0.2, 0.25) is 5.88 Å². The fourth-order valence-electron chi connectivity index (χ4n) is 3.72. The standard InChI is InChI=1S/C28H22FN3O3S/c1-34-21-11-9-19(10-12-21)18-35-27-20(6-5-15-30-27)17-32-28(33)23-13-14-25(26(29)24(23)16-31-32)36-22-7-3-2-4-8-22/h2-16H,17-18H2,1H3. The number of hydrogen-bond donors (Lipinski definition) is 0. The number of ether oxygens (including phenoxy) is 2. The van der Waals surface area contributed by atoms with Crippen LogP contribution in [0.3, 0.4) is 0 Å². The Labute approximate surface area is 211 Å². The van der Waals surface area contributed by atoms with E-state index in [0.29, 0.717) is 22.9 Å². The van der Waals surface area contributed by atoms with Crippen LogP contribution in [-0.4, -0.2) is 21.9 Å². The number of hydrogen-bond acceptors (Lipinski definition) is 6. The van der Waals surface area contributed by atoms with Crippen LogP contribution in [-0.2, 0) is 13.2 Å². The molecule has 6 nitrogen and oxygen atoms in total. The molecule has 36 heavy (non-hydrogen) atoms. The Balaban J connectivity index is 1.38. The third kappa shape index (κ3) is 5.08. The topological polar surface area (TPSA) is 66.2 Å². The SMILES string of the molecule is COc1ccc(COc2ncccc2Cn2ncc3c(F)c(Sc4ccccc4)ccc3c2=O)cc1. The monoisotopic (exact) mass is 499 g/mol. The van der Waals surface area contributed by atoms with Gasteiger partial charge >= 0.3 is 0 Å². The Hall–Kier alpha value is -4.17. The Morgan fingerprint density at radius 3 is 2.53 bits per heavy atom. The molecule has 0 aliphatic heterocycles. The van der Waals surface area contributed by atoms with Gasteiger partial charge in [-0.25, -0.2) is 14.1 Å². The summed E-state index contributed by atoms with van der Waals surface area (Å²) in [5.74, 6) is 0.715. The first-order valence-corrected chi connectivity index (χ1v) is 12.0. The van der Waals surface area contributed by atoms with Gasteiger partial charge in [0.1, 0.15) is 18.2 Å². The van der Waals surface area contributed by atoms with Gasteiger partial charge in [0.15, 0.2) is 0 Å². The summed E-state index contributed by atoms with van der Waals surface area (Å²) in [6.07, 6.45) is 3.03. The average Bonchev–Trinajstić information content (AvgIpc) is 2.92. The van der Waals surface area contributed by atoms with E-state index in [4.69, 9.17) is 9.47 Å². The first kappa shape index (κ1) is 23.6. The van der Waals surface area contributed by atoms with Crippen LogP contribution in [0.5, 0.6) is 11.6 Å². The van der Waals surface area contributed by atoms with Gasteiger partial charge in [-0.2, -0.15) is 5.10 Å². The van der Waals surface area contributed by atoms with Gasteiger partial charge < -0.3 is 9.47 Å². The lowest BCUT2D eigenvalue weighted by atomic mass is 10.2. The molecule has 0 bridgehead atoms. The Bertz CT molecular complexity index is 1560. The van der Waals surface area contributed by atoms with E-state index in [2.05, 4.69) is 10.1 Å². The van der Waals surface area contributed by atoms with Crippen LogP contribution in [0, 0.1) is 5.82 Å². The molecule has 0 radical (unpaired) electrons. The first-order chi connectivity index (χ1) is 17.6. The zero-order valence-corrected chi connectivity index (χ0v) is 20.2. The van der Waals surface area contributed by atoms with Crippen LogP contribution in [0.2, 0.25) is 0 Å². The number of methoxy groups -OCH3 is 1. The zero-order valence-electron chi connectivity index (χ0n) is 19.4. The van der Waals surface area contributed by atoms with Gasteiger partial charge in [-0.15, -0.1) is 0 Å². The van der Waals surface area contributed by atoms with E-state index >= 15 is 4.39 Å². The Kier molecular flexibility index (Phi) is 6.95. The van der Waals surface area contributed by atoms with Crippen molar-refractivity contribution in [1.29, 1.82) is 0 Å². The van der Waals surface area contributed by atoms with Crippen molar-refractivity contribution in [2.75, 3.05) is 7.11 Å². The van der Waals surface area contributed by atoms with Crippen molar-refractivity contribution in [1.82, 2.24) is 14.8 Å². The number of halogens is 1. The van der Waals surface area contributed by atoms with Crippen LogP contribution >= 0.6 is 11.8 Å². The summed E-state index contributed by atoms with van der Waals surface area (Å²) in [6, 6.07) is 23.9. The van der Waals surface area contributed by atoms with Gasteiger partial charge in [-0.05, 0) is 48.0 Å². The van der Waals surface area contributed by atoms with Crippen LogP contribution in [0.25, 0.3) is 10.8 Å². The van der Waals surface area contributed by atoms with Crippen LogP contribution < -0.4 is 15.0 Å². The molecule has 0 aliphatic rings. The number of rotatable bonds is 8. The normalized spacial score (nSPS) is 10.9. The highest BCUT2D eigenvalue weighted by Crippen LogP contribution is 2.32. The highest BCUT2D eigenvalue weighted by molar-refractivity contribution is 7.99. The van der Waals surface area contributed by atoms with Gasteiger partial charge in [-0.3, -0.25) is 4.79 Å². The lowest BCUT2D eigenvalue weighted by Crippen LogP contribution is -2.24. The zero-order chi connectivity index (χ0) is 24.9. The van der Waals surface area contributed by atoms with Crippen molar-refractivity contribution < 1.29 is 13.9 Å². The maximum absolute atomic E-state index is 15.2. The van der Waals surface area contributed by atoms with E-state index in [9.17, 15) is 4.79 Å². The molecule has 0 fully saturated rings. The number of aromatic nitrogens is 3. The summed E-state index contributed by atoms with van der Waals surface area (Å²) < 4.78 is 27.6. The number of nitrogens with zero attached hydrogens (tertiary/aromatic N) is 3. The van der Waals surface area contributed by atoms with Crippen molar-refractivity contribution in [2.24, 2.45) is 0 Å². The second-order valence-corrected chi connectivity index (χ2v) is 9.08. The molecule has 0 unspecified atom stereocenters. The van der Waals surface area contributed by atoms with Crippen LogP contribution in [0.1, 0.15) is 11.1 Å². The Morgan fingerprint density at radius 1 is 0.944 bits per heavy atom. The van der Waals surface area contributed by atoms with E-state index in [1.807, 2.05) is 60.7 Å². The molecule has 0 amide bonds. The van der Waals surface area contributed by atoms with Crippen LogP contribution in [0.15, 0.2) is 106 Å². The highest BCUT2D eigenvalue weighted by Gasteiger charge is 2.15. The maximum atomic E-state index is 15.2. The second kappa shape index (κ2) is 10.6. The molecule has 0 spiro atoms. The maximum Gasteiger partial charge on any atom is 0.275 e. The van der Waals surface area contributed by atoms with E-state index in [1.54, 1.807) is 31.5 Å². The molecule has 5 rings (SSSR count). The van der Waals surface area contributed by atoms with Gasteiger partial charge in [0.05, 0.1) is 25.2 Å². The third-order valence-electron chi connectivity index (χ3n) is 5.61. The molecule has 0 N–H and O–H groups in total. The second-order valence-electron chi connectivity index (χ2n) is 7.97. The fourth-order valence-corrected chi connectivity index (χ4v) is 4.60. The molecule has 8 heteroatoms. The predicted molar refractivity (Wildman–Crippen MR) is 137 cm³/mol. The fraction of sp³-hybridized carbons (Fsp3) is 0.107. The molecular formula is C28H22FN3O3S. The summed E-state index contributed by atoms with van der Waals surface area (Å²) in [5.41, 5.74) is 1.26. The summed E-state index contributed by atoms with van der Waals surface area (Å²) in [4.78, 5) is 18.8. The molecular weight excluding hydrogens is 477 g/mol. The minimum atomic E-state index is -0.456. The molecule has 0 saturated carbocycles. The van der Waals surface area contributed by atoms with E-state index in [1.165, 1.54) is 22.6 Å². The summed E-state index contributed by atoms with van der Waals surface area (Å²) >= 11 is 1.31. The lowest BCUT2D eigenvalue weighted by molar-refractivity contribution is 0.289. The third-order valence-corrected chi connectivity index (χ3v) is 6.65. The van der Waals surface area contributed by atoms with Crippen molar-refractivity contribution >= 4 is 22.5 Å². The summed E-state index contributed by atoms with van der Waals surface area (Å²) in [6.45, 7) is 0.448. The molecule has 180 valence electrons. The van der Waals surface area contributed by atoms with Crippen molar-refractivity contribution in [3.8, 4) is 11.6 Å². The smallest absolute Gasteiger partial charge is 0.275 e. The largest absolute Gasteiger partial charge is 0.497 e. The molecule has 2 heterocycles. The summed E-state index contributed by atoms with van der Waals surface area (Å²) in [7, 11) is 1.62. The van der Waals surface area contributed by atoms with Crippen molar-refractivity contribution in [3.05, 3.63) is 119 Å². The van der Waals surface area contributed by atoms with E-state index < -0.39 is 5.82 Å². The molecule has 3 aromatic carbocycles. The Morgan fingerprint density at radius 2 is 1.75 bits per heavy atom. The molecule has 0 atom stereocenters.